The van der Waals surface area contributed by atoms with E-state index < -0.39 is 10.0 Å². The number of sulfonamides is 1. The van der Waals surface area contributed by atoms with Crippen LogP contribution in [0.4, 0.5) is 0 Å². The van der Waals surface area contributed by atoms with Gasteiger partial charge in [-0.2, -0.15) is 8.42 Å². The van der Waals surface area contributed by atoms with Crippen LogP contribution in [-0.4, -0.2) is 25.7 Å². The van der Waals surface area contributed by atoms with Crippen LogP contribution in [0.15, 0.2) is 92.2 Å². The van der Waals surface area contributed by atoms with Crippen molar-refractivity contribution in [2.24, 2.45) is 9.39 Å². The van der Waals surface area contributed by atoms with Gasteiger partial charge < -0.3 is 0 Å². The van der Waals surface area contributed by atoms with Crippen molar-refractivity contribution in [1.82, 2.24) is 0 Å². The Morgan fingerprint density at radius 3 is 1.96 bits per heavy atom. The maximum atomic E-state index is 12.8. The standard InChI is InChI=1S/C22H20N2O3S/c1-15-9-11-20(12-10-15)28(26,27)24-22(18-7-5-4-6-8-18)23-19-13-16(2)21(25)17(3)14-19/h4-14H,1-3H3. The molecule has 6 heteroatoms. The maximum absolute atomic E-state index is 12.8. The van der Waals surface area contributed by atoms with Gasteiger partial charge in [-0.05, 0) is 56.2 Å². The molecule has 0 saturated heterocycles. The van der Waals surface area contributed by atoms with Gasteiger partial charge >= 0.3 is 0 Å². The van der Waals surface area contributed by atoms with Crippen LogP contribution in [0.5, 0.6) is 0 Å². The second-order valence-corrected chi connectivity index (χ2v) is 8.19. The molecule has 0 spiro atoms. The van der Waals surface area contributed by atoms with Crippen molar-refractivity contribution >= 4 is 27.4 Å². The van der Waals surface area contributed by atoms with Crippen LogP contribution in [0.3, 0.4) is 0 Å². The van der Waals surface area contributed by atoms with Crippen LogP contribution in [0, 0.1) is 6.92 Å². The Hall–Kier alpha value is -3.12. The summed E-state index contributed by atoms with van der Waals surface area (Å²) in [6.07, 6.45) is 3.26. The number of benzene rings is 2. The first-order chi connectivity index (χ1) is 13.3. The topological polar surface area (TPSA) is 75.9 Å². The Morgan fingerprint density at radius 2 is 1.39 bits per heavy atom. The molecule has 1 aliphatic carbocycles. The summed E-state index contributed by atoms with van der Waals surface area (Å²) in [6, 6.07) is 15.4. The third-order valence-corrected chi connectivity index (χ3v) is 5.52. The minimum Gasteiger partial charge on any atom is -0.289 e. The number of allylic oxidation sites excluding steroid dienone is 4. The van der Waals surface area contributed by atoms with Crippen LogP contribution >= 0.6 is 0 Å². The zero-order valence-corrected chi connectivity index (χ0v) is 16.7. The van der Waals surface area contributed by atoms with Gasteiger partial charge in [-0.25, -0.2) is 4.99 Å². The van der Waals surface area contributed by atoms with E-state index in [9.17, 15) is 13.2 Å². The molecule has 28 heavy (non-hydrogen) atoms. The zero-order chi connectivity index (χ0) is 20.3. The van der Waals surface area contributed by atoms with Crippen LogP contribution in [-0.2, 0) is 14.8 Å². The first-order valence-electron chi connectivity index (χ1n) is 8.73. The zero-order valence-electron chi connectivity index (χ0n) is 15.9. The fourth-order valence-corrected chi connectivity index (χ4v) is 3.68. The molecule has 0 aliphatic heterocycles. The van der Waals surface area contributed by atoms with Crippen LogP contribution < -0.4 is 0 Å². The van der Waals surface area contributed by atoms with E-state index in [0.29, 0.717) is 22.4 Å². The third kappa shape index (κ3) is 4.40. The highest BCUT2D eigenvalue weighted by Crippen LogP contribution is 2.17. The lowest BCUT2D eigenvalue weighted by atomic mass is 9.98. The van der Waals surface area contributed by atoms with E-state index in [2.05, 4.69) is 9.39 Å². The van der Waals surface area contributed by atoms with Crippen molar-refractivity contribution in [3.8, 4) is 0 Å². The fraction of sp³-hybridized carbons (Fsp3) is 0.136. The predicted molar refractivity (Wildman–Crippen MR) is 111 cm³/mol. The summed E-state index contributed by atoms with van der Waals surface area (Å²) in [4.78, 5) is 16.5. The summed E-state index contributed by atoms with van der Waals surface area (Å²) < 4.78 is 29.6. The van der Waals surface area contributed by atoms with Crippen molar-refractivity contribution < 1.29 is 13.2 Å². The van der Waals surface area contributed by atoms with Gasteiger partial charge in [0.15, 0.2) is 11.6 Å². The average Bonchev–Trinajstić information content (AvgIpc) is 2.66. The number of amidine groups is 1. The van der Waals surface area contributed by atoms with Gasteiger partial charge in [-0.15, -0.1) is 4.40 Å². The number of aryl methyl sites for hydroxylation is 1. The number of rotatable bonds is 3. The molecule has 5 nitrogen and oxygen atoms in total. The third-order valence-electron chi connectivity index (χ3n) is 4.24. The minimum atomic E-state index is -3.94. The fourth-order valence-electron chi connectivity index (χ4n) is 2.72. The van der Waals surface area contributed by atoms with E-state index in [1.54, 1.807) is 62.4 Å². The first kappa shape index (κ1) is 19.6. The summed E-state index contributed by atoms with van der Waals surface area (Å²) in [5.41, 5.74) is 3.11. The van der Waals surface area contributed by atoms with Gasteiger partial charge in [-0.1, -0.05) is 48.0 Å². The molecule has 1 aliphatic rings. The smallest absolute Gasteiger partial charge is 0.284 e. The molecule has 2 aromatic rings. The molecule has 0 unspecified atom stereocenters. The molecule has 0 radical (unpaired) electrons. The summed E-state index contributed by atoms with van der Waals surface area (Å²) >= 11 is 0. The summed E-state index contributed by atoms with van der Waals surface area (Å²) in [6.45, 7) is 5.29. The second-order valence-electron chi connectivity index (χ2n) is 6.59. The average molecular weight is 392 g/mol. The van der Waals surface area contributed by atoms with Crippen LogP contribution in [0.1, 0.15) is 25.0 Å². The Bertz CT molecular complexity index is 1110. The molecule has 0 heterocycles. The molecule has 3 rings (SSSR count). The second kappa shape index (κ2) is 7.86. The highest BCUT2D eigenvalue weighted by atomic mass is 32.2. The van der Waals surface area contributed by atoms with Crippen LogP contribution in [0.25, 0.3) is 0 Å². The van der Waals surface area contributed by atoms with Gasteiger partial charge in [0.05, 0.1) is 10.6 Å². The normalized spacial score (nSPS) is 15.2. The lowest BCUT2D eigenvalue weighted by Gasteiger charge is -2.10. The largest absolute Gasteiger partial charge is 0.289 e. The molecular formula is C22H20N2O3S. The van der Waals surface area contributed by atoms with Crippen molar-refractivity contribution in [3.05, 3.63) is 89.0 Å². The lowest BCUT2D eigenvalue weighted by molar-refractivity contribution is -0.112. The molecule has 142 valence electrons. The monoisotopic (exact) mass is 392 g/mol. The van der Waals surface area contributed by atoms with Crippen molar-refractivity contribution in [2.45, 2.75) is 25.7 Å². The summed E-state index contributed by atoms with van der Waals surface area (Å²) in [7, 11) is -3.94. The molecule has 0 amide bonds. The number of carbonyl (C=O) groups is 1. The summed E-state index contributed by atoms with van der Waals surface area (Å²) in [5, 5.41) is 0. The SMILES string of the molecule is CC1=CC(=NC(=NS(=O)(=O)c2ccc(C)cc2)c2ccccc2)C=C(C)C1=O. The molecule has 0 saturated carbocycles. The molecule has 0 N–H and O–H groups in total. The van der Waals surface area contributed by atoms with Gasteiger partial charge in [0, 0.05) is 5.56 Å². The quantitative estimate of drug-likeness (QED) is 0.449. The van der Waals surface area contributed by atoms with Crippen molar-refractivity contribution in [2.75, 3.05) is 0 Å². The molecule has 0 atom stereocenters. The highest BCUT2D eigenvalue weighted by Gasteiger charge is 2.18. The van der Waals surface area contributed by atoms with Gasteiger partial charge in [0.25, 0.3) is 10.0 Å². The van der Waals surface area contributed by atoms with E-state index in [0.717, 1.165) is 5.56 Å². The van der Waals surface area contributed by atoms with Crippen molar-refractivity contribution in [1.29, 1.82) is 0 Å². The van der Waals surface area contributed by atoms with E-state index in [-0.39, 0.29) is 16.5 Å². The minimum absolute atomic E-state index is 0.0515. The predicted octanol–water partition coefficient (Wildman–Crippen LogP) is 4.05. The van der Waals surface area contributed by atoms with E-state index in [4.69, 9.17) is 0 Å². The number of Topliss-reactive ketones (excluding diaryl/α,β-unsaturated/α-hetero) is 1. The van der Waals surface area contributed by atoms with Crippen LogP contribution in [0.2, 0.25) is 0 Å². The van der Waals surface area contributed by atoms with Crippen molar-refractivity contribution in [3.63, 3.8) is 0 Å². The Morgan fingerprint density at radius 1 is 0.821 bits per heavy atom. The number of carbonyl (C=O) groups excluding carboxylic acids is 1. The van der Waals surface area contributed by atoms with Gasteiger partial charge in [0.2, 0.25) is 0 Å². The number of hydrogen-bond acceptors (Lipinski definition) is 3. The molecule has 0 aromatic heterocycles. The van der Waals surface area contributed by atoms with Gasteiger partial charge in [-0.3, -0.25) is 4.79 Å². The molecular weight excluding hydrogens is 372 g/mol. The first-order valence-corrected chi connectivity index (χ1v) is 10.2. The molecule has 0 fully saturated rings. The van der Waals surface area contributed by atoms with E-state index >= 15 is 0 Å². The maximum Gasteiger partial charge on any atom is 0.284 e. The van der Waals surface area contributed by atoms with E-state index in [1.165, 1.54) is 12.1 Å². The lowest BCUT2D eigenvalue weighted by Crippen LogP contribution is -2.13. The summed E-state index contributed by atoms with van der Waals surface area (Å²) in [5.74, 6) is 0.0167. The molecule has 0 bridgehead atoms. The molecule has 2 aromatic carbocycles. The number of aliphatic imine (C=N–C) groups is 1. The van der Waals surface area contributed by atoms with Gasteiger partial charge in [0.1, 0.15) is 0 Å². The number of nitrogens with zero attached hydrogens (tertiary/aromatic N) is 2. The van der Waals surface area contributed by atoms with E-state index in [1.807, 2.05) is 13.0 Å². The Kier molecular flexibility index (Phi) is 5.51. The Labute approximate surface area is 164 Å². The number of ketones is 1. The number of hydrogen-bond donors (Lipinski definition) is 0. The Balaban J connectivity index is 2.14. The highest BCUT2D eigenvalue weighted by molar-refractivity contribution is 7.90.